The van der Waals surface area contributed by atoms with Gasteiger partial charge in [0.1, 0.15) is 11.5 Å². The Kier molecular flexibility index (Phi) is 2.37. The van der Waals surface area contributed by atoms with Crippen molar-refractivity contribution in [3.05, 3.63) is 35.2 Å². The Hall–Kier alpha value is -1.91. The van der Waals surface area contributed by atoms with Crippen LogP contribution in [0.15, 0.2) is 17.0 Å². The van der Waals surface area contributed by atoms with Crippen LogP contribution in [0.2, 0.25) is 0 Å². The van der Waals surface area contributed by atoms with Crippen molar-refractivity contribution >= 4 is 6.29 Å². The molecule has 2 rings (SSSR count). The van der Waals surface area contributed by atoms with Crippen LogP contribution in [-0.2, 0) is 6.54 Å². The van der Waals surface area contributed by atoms with Gasteiger partial charge >= 0.3 is 0 Å². The van der Waals surface area contributed by atoms with E-state index >= 15 is 0 Å². The largest absolute Gasteiger partial charge is 0.361 e. The van der Waals surface area contributed by atoms with Gasteiger partial charge in [-0.1, -0.05) is 5.16 Å². The second-order valence-electron chi connectivity index (χ2n) is 3.39. The summed E-state index contributed by atoms with van der Waals surface area (Å²) in [6.07, 6.45) is 4.04. The van der Waals surface area contributed by atoms with E-state index in [9.17, 15) is 4.79 Å². The quantitative estimate of drug-likeness (QED) is 0.709. The lowest BCUT2D eigenvalue weighted by molar-refractivity contribution is 0.111. The van der Waals surface area contributed by atoms with Crippen LogP contribution in [0.5, 0.6) is 0 Å². The number of rotatable bonds is 3. The number of aryl methyl sites for hydroxylation is 2. The maximum atomic E-state index is 10.4. The van der Waals surface area contributed by atoms with Crippen molar-refractivity contribution in [3.63, 3.8) is 0 Å². The molecule has 0 aromatic carbocycles. The zero-order valence-electron chi connectivity index (χ0n) is 8.60. The van der Waals surface area contributed by atoms with Crippen LogP contribution >= 0.6 is 0 Å². The van der Waals surface area contributed by atoms with E-state index < -0.39 is 0 Å². The minimum absolute atomic E-state index is 0.432. The van der Waals surface area contributed by atoms with Crippen LogP contribution in [-0.4, -0.2) is 21.0 Å². The second kappa shape index (κ2) is 3.68. The van der Waals surface area contributed by atoms with Crippen LogP contribution in [0.4, 0.5) is 0 Å². The second-order valence-corrected chi connectivity index (χ2v) is 3.39. The van der Waals surface area contributed by atoms with Gasteiger partial charge in [0.25, 0.3) is 0 Å². The number of hydrogen-bond donors (Lipinski definition) is 0. The van der Waals surface area contributed by atoms with Gasteiger partial charge in [-0.25, -0.2) is 4.98 Å². The van der Waals surface area contributed by atoms with E-state index in [4.69, 9.17) is 4.52 Å². The third kappa shape index (κ3) is 1.81. The van der Waals surface area contributed by atoms with Gasteiger partial charge in [-0.05, 0) is 13.8 Å². The molecule has 0 saturated carbocycles. The van der Waals surface area contributed by atoms with Crippen molar-refractivity contribution in [2.24, 2.45) is 0 Å². The van der Waals surface area contributed by atoms with Crippen molar-refractivity contribution in [2.75, 3.05) is 0 Å². The molecule has 0 N–H and O–H groups in total. The summed E-state index contributed by atoms with van der Waals surface area (Å²) in [5, 5.41) is 3.86. The maximum absolute atomic E-state index is 10.4. The number of aromatic nitrogens is 3. The van der Waals surface area contributed by atoms with Gasteiger partial charge < -0.3 is 9.09 Å². The van der Waals surface area contributed by atoms with Crippen molar-refractivity contribution in [1.29, 1.82) is 0 Å². The number of carbonyl (C=O) groups is 1. The third-order valence-corrected chi connectivity index (χ3v) is 2.30. The summed E-state index contributed by atoms with van der Waals surface area (Å²) in [5.41, 5.74) is 2.33. The molecule has 78 valence electrons. The minimum atomic E-state index is 0.432. The lowest BCUT2D eigenvalue weighted by Gasteiger charge is -1.99. The van der Waals surface area contributed by atoms with E-state index in [2.05, 4.69) is 10.1 Å². The molecule has 5 nitrogen and oxygen atoms in total. The normalized spacial score (nSPS) is 10.5. The Morgan fingerprint density at radius 1 is 1.53 bits per heavy atom. The fourth-order valence-electron chi connectivity index (χ4n) is 1.43. The van der Waals surface area contributed by atoms with E-state index in [-0.39, 0.29) is 0 Å². The third-order valence-electron chi connectivity index (χ3n) is 2.30. The molecule has 0 aliphatic carbocycles. The Balaban J connectivity index is 2.25. The SMILES string of the molecule is Cc1noc(C)c1Cn1cnc(C=O)c1. The average Bonchev–Trinajstić information content (AvgIpc) is 2.80. The van der Waals surface area contributed by atoms with Crippen LogP contribution in [0.25, 0.3) is 0 Å². The molecule has 5 heteroatoms. The predicted molar refractivity (Wildman–Crippen MR) is 52.7 cm³/mol. The van der Waals surface area contributed by atoms with Crippen molar-refractivity contribution in [2.45, 2.75) is 20.4 Å². The number of hydrogen-bond acceptors (Lipinski definition) is 4. The van der Waals surface area contributed by atoms with E-state index in [0.717, 1.165) is 23.3 Å². The molecule has 0 bridgehead atoms. The molecule has 0 aliphatic rings. The number of imidazole rings is 1. The van der Waals surface area contributed by atoms with E-state index in [1.165, 1.54) is 0 Å². The van der Waals surface area contributed by atoms with Gasteiger partial charge in [-0.15, -0.1) is 0 Å². The van der Waals surface area contributed by atoms with E-state index in [1.54, 1.807) is 12.5 Å². The fourth-order valence-corrected chi connectivity index (χ4v) is 1.43. The van der Waals surface area contributed by atoms with Gasteiger partial charge in [0, 0.05) is 11.8 Å². The molecular formula is C10H11N3O2. The Labute approximate surface area is 86.7 Å². The highest BCUT2D eigenvalue weighted by Gasteiger charge is 2.09. The Morgan fingerprint density at radius 3 is 2.87 bits per heavy atom. The first-order valence-corrected chi connectivity index (χ1v) is 4.59. The van der Waals surface area contributed by atoms with Crippen molar-refractivity contribution in [3.8, 4) is 0 Å². The van der Waals surface area contributed by atoms with E-state index in [0.29, 0.717) is 12.2 Å². The number of nitrogens with zero attached hydrogens (tertiary/aromatic N) is 3. The van der Waals surface area contributed by atoms with Crippen molar-refractivity contribution < 1.29 is 9.32 Å². The number of carbonyl (C=O) groups excluding carboxylic acids is 1. The summed E-state index contributed by atoms with van der Waals surface area (Å²) in [7, 11) is 0. The first-order valence-electron chi connectivity index (χ1n) is 4.59. The first kappa shape index (κ1) is 9.64. The Bertz CT molecular complexity index is 465. The molecule has 0 spiro atoms. The van der Waals surface area contributed by atoms with Gasteiger partial charge in [-0.2, -0.15) is 0 Å². The standard InChI is InChI=1S/C10H11N3O2/c1-7-10(8(2)15-12-7)4-13-3-9(5-14)11-6-13/h3,5-6H,4H2,1-2H3. The highest BCUT2D eigenvalue weighted by atomic mass is 16.5. The van der Waals surface area contributed by atoms with E-state index in [1.807, 2.05) is 18.4 Å². The lowest BCUT2D eigenvalue weighted by Crippen LogP contribution is -1.98. The molecule has 0 unspecified atom stereocenters. The lowest BCUT2D eigenvalue weighted by atomic mass is 10.2. The van der Waals surface area contributed by atoms with Crippen LogP contribution in [0.3, 0.4) is 0 Å². The van der Waals surface area contributed by atoms with Crippen LogP contribution in [0.1, 0.15) is 27.5 Å². The van der Waals surface area contributed by atoms with Crippen LogP contribution in [0, 0.1) is 13.8 Å². The summed E-state index contributed by atoms with van der Waals surface area (Å²) >= 11 is 0. The molecule has 0 amide bonds. The van der Waals surface area contributed by atoms with Crippen molar-refractivity contribution in [1.82, 2.24) is 14.7 Å². The number of aldehydes is 1. The average molecular weight is 205 g/mol. The maximum Gasteiger partial charge on any atom is 0.169 e. The molecule has 0 aliphatic heterocycles. The molecule has 2 aromatic heterocycles. The molecule has 15 heavy (non-hydrogen) atoms. The molecule has 0 saturated heterocycles. The summed E-state index contributed by atoms with van der Waals surface area (Å²) in [4.78, 5) is 14.4. The molecule has 0 atom stereocenters. The monoisotopic (exact) mass is 205 g/mol. The minimum Gasteiger partial charge on any atom is -0.361 e. The highest BCUT2D eigenvalue weighted by Crippen LogP contribution is 2.13. The molecular weight excluding hydrogens is 194 g/mol. The molecule has 2 heterocycles. The predicted octanol–water partition coefficient (Wildman–Crippen LogP) is 1.35. The summed E-state index contributed by atoms with van der Waals surface area (Å²) in [6, 6.07) is 0. The molecule has 0 fully saturated rings. The zero-order valence-corrected chi connectivity index (χ0v) is 8.60. The molecule has 0 radical (unpaired) electrons. The zero-order chi connectivity index (χ0) is 10.8. The molecule has 2 aromatic rings. The first-order chi connectivity index (χ1) is 7.20. The smallest absolute Gasteiger partial charge is 0.169 e. The topological polar surface area (TPSA) is 60.9 Å². The van der Waals surface area contributed by atoms with Gasteiger partial charge in [0.2, 0.25) is 0 Å². The van der Waals surface area contributed by atoms with Crippen LogP contribution < -0.4 is 0 Å². The van der Waals surface area contributed by atoms with Gasteiger partial charge in [-0.3, -0.25) is 4.79 Å². The Morgan fingerprint density at radius 2 is 2.33 bits per heavy atom. The highest BCUT2D eigenvalue weighted by molar-refractivity contribution is 5.70. The summed E-state index contributed by atoms with van der Waals surface area (Å²) in [5.74, 6) is 0.800. The van der Waals surface area contributed by atoms with Gasteiger partial charge in [0.15, 0.2) is 6.29 Å². The summed E-state index contributed by atoms with van der Waals surface area (Å²) in [6.45, 7) is 4.39. The summed E-state index contributed by atoms with van der Waals surface area (Å²) < 4.78 is 6.88. The fraction of sp³-hybridized carbons (Fsp3) is 0.300. The van der Waals surface area contributed by atoms with Gasteiger partial charge in [0.05, 0.1) is 18.6 Å².